The molecule has 0 saturated heterocycles. The van der Waals surface area contributed by atoms with Gasteiger partial charge in [-0.15, -0.1) is 11.3 Å². The molecule has 3 rings (SSSR count). The first kappa shape index (κ1) is 15.5. The summed E-state index contributed by atoms with van der Waals surface area (Å²) in [4.78, 5) is 12.5. The van der Waals surface area contributed by atoms with Crippen LogP contribution in [0.2, 0.25) is 0 Å². The number of thiophene rings is 1. The summed E-state index contributed by atoms with van der Waals surface area (Å²) >= 11 is 1.45. The molecule has 4 heteroatoms. The van der Waals surface area contributed by atoms with Crippen molar-refractivity contribution in [3.8, 4) is 0 Å². The first-order valence-corrected chi connectivity index (χ1v) is 8.26. The molecule has 1 unspecified atom stereocenters. The summed E-state index contributed by atoms with van der Waals surface area (Å²) < 4.78 is 0. The third-order valence-electron chi connectivity index (χ3n) is 3.67. The number of nitrogens with one attached hydrogen (secondary N) is 1. The van der Waals surface area contributed by atoms with Crippen molar-refractivity contribution < 1.29 is 9.90 Å². The van der Waals surface area contributed by atoms with Gasteiger partial charge < -0.3 is 5.11 Å². The standard InChI is InChI=1S/C19H17NO2S/c21-19(22)18(16-12-7-13-23-16)20-17(14-8-3-1-4-9-14)15-10-5-2-6-11-15/h1-13,17-18,20H,(H,21,22). The third-order valence-corrected chi connectivity index (χ3v) is 4.61. The van der Waals surface area contributed by atoms with Gasteiger partial charge in [-0.05, 0) is 22.6 Å². The minimum atomic E-state index is -0.871. The molecule has 0 saturated carbocycles. The molecule has 23 heavy (non-hydrogen) atoms. The molecular formula is C19H17NO2S. The van der Waals surface area contributed by atoms with E-state index in [2.05, 4.69) is 5.32 Å². The van der Waals surface area contributed by atoms with Crippen LogP contribution in [-0.2, 0) is 4.79 Å². The second kappa shape index (κ2) is 7.22. The topological polar surface area (TPSA) is 49.3 Å². The molecule has 0 fully saturated rings. The zero-order valence-electron chi connectivity index (χ0n) is 12.4. The van der Waals surface area contributed by atoms with Crippen LogP contribution in [0.4, 0.5) is 0 Å². The van der Waals surface area contributed by atoms with Gasteiger partial charge in [-0.25, -0.2) is 0 Å². The van der Waals surface area contributed by atoms with Gasteiger partial charge in [0.1, 0.15) is 6.04 Å². The van der Waals surface area contributed by atoms with Crippen molar-refractivity contribution in [1.29, 1.82) is 0 Å². The molecule has 116 valence electrons. The van der Waals surface area contributed by atoms with E-state index < -0.39 is 12.0 Å². The van der Waals surface area contributed by atoms with Crippen LogP contribution in [-0.4, -0.2) is 11.1 Å². The Hall–Kier alpha value is -2.43. The average Bonchev–Trinajstić information content (AvgIpc) is 3.11. The van der Waals surface area contributed by atoms with Gasteiger partial charge in [0.05, 0.1) is 6.04 Å². The number of rotatable bonds is 6. The Balaban J connectivity index is 1.97. The maximum absolute atomic E-state index is 11.7. The molecule has 1 atom stereocenters. The fourth-order valence-electron chi connectivity index (χ4n) is 2.57. The number of hydrogen-bond donors (Lipinski definition) is 2. The van der Waals surface area contributed by atoms with Crippen LogP contribution in [0, 0.1) is 0 Å². The van der Waals surface area contributed by atoms with Gasteiger partial charge in [0, 0.05) is 4.88 Å². The lowest BCUT2D eigenvalue weighted by atomic mass is 9.97. The van der Waals surface area contributed by atoms with Crippen LogP contribution < -0.4 is 5.32 Å². The van der Waals surface area contributed by atoms with Gasteiger partial charge in [-0.1, -0.05) is 66.7 Å². The number of carboxylic acids is 1. The fourth-order valence-corrected chi connectivity index (χ4v) is 3.35. The molecule has 1 heterocycles. The van der Waals surface area contributed by atoms with E-state index in [1.165, 1.54) is 11.3 Å². The Morgan fingerprint density at radius 1 is 0.870 bits per heavy atom. The monoisotopic (exact) mass is 323 g/mol. The first-order chi connectivity index (χ1) is 11.3. The smallest absolute Gasteiger partial charge is 0.326 e. The van der Waals surface area contributed by atoms with E-state index in [-0.39, 0.29) is 6.04 Å². The number of carboxylic acid groups (broad SMARTS) is 1. The second-order valence-electron chi connectivity index (χ2n) is 5.21. The summed E-state index contributed by atoms with van der Waals surface area (Å²) in [6.45, 7) is 0. The number of hydrogen-bond acceptors (Lipinski definition) is 3. The Kier molecular flexibility index (Phi) is 4.86. The fraction of sp³-hybridized carbons (Fsp3) is 0.105. The highest BCUT2D eigenvalue weighted by Crippen LogP contribution is 2.28. The Labute approximate surface area is 139 Å². The molecule has 0 amide bonds. The van der Waals surface area contributed by atoms with Crippen LogP contribution >= 0.6 is 11.3 Å². The summed E-state index contributed by atoms with van der Waals surface area (Å²) in [6.07, 6.45) is 0. The Morgan fingerprint density at radius 2 is 1.43 bits per heavy atom. The highest BCUT2D eigenvalue weighted by atomic mass is 32.1. The molecule has 0 aliphatic carbocycles. The van der Waals surface area contributed by atoms with E-state index in [0.29, 0.717) is 0 Å². The molecule has 0 radical (unpaired) electrons. The summed E-state index contributed by atoms with van der Waals surface area (Å²) in [6, 6.07) is 22.6. The number of aliphatic carboxylic acids is 1. The second-order valence-corrected chi connectivity index (χ2v) is 6.19. The van der Waals surface area contributed by atoms with Gasteiger partial charge in [0.15, 0.2) is 0 Å². The van der Waals surface area contributed by atoms with Gasteiger partial charge in [0.25, 0.3) is 0 Å². The normalized spacial score (nSPS) is 12.2. The summed E-state index contributed by atoms with van der Waals surface area (Å²) in [7, 11) is 0. The minimum absolute atomic E-state index is 0.180. The highest BCUT2D eigenvalue weighted by Gasteiger charge is 2.25. The van der Waals surface area contributed by atoms with Gasteiger partial charge >= 0.3 is 5.97 Å². The Bertz CT molecular complexity index is 702. The van der Waals surface area contributed by atoms with Crippen LogP contribution in [0.5, 0.6) is 0 Å². The quantitative estimate of drug-likeness (QED) is 0.713. The molecule has 1 aromatic heterocycles. The zero-order valence-corrected chi connectivity index (χ0v) is 13.2. The summed E-state index contributed by atoms with van der Waals surface area (Å²) in [5.41, 5.74) is 2.09. The van der Waals surface area contributed by atoms with E-state index in [9.17, 15) is 9.90 Å². The maximum atomic E-state index is 11.7. The summed E-state index contributed by atoms with van der Waals surface area (Å²) in [5.74, 6) is -0.871. The van der Waals surface area contributed by atoms with Crippen LogP contribution in [0.25, 0.3) is 0 Å². The molecule has 0 bridgehead atoms. The lowest BCUT2D eigenvalue weighted by molar-refractivity contribution is -0.139. The molecule has 3 aromatic rings. The van der Waals surface area contributed by atoms with Crippen molar-refractivity contribution >= 4 is 17.3 Å². The van der Waals surface area contributed by atoms with E-state index in [0.717, 1.165) is 16.0 Å². The van der Waals surface area contributed by atoms with Crippen LogP contribution in [0.1, 0.15) is 28.1 Å². The molecule has 0 aliphatic heterocycles. The van der Waals surface area contributed by atoms with Crippen molar-refractivity contribution in [2.24, 2.45) is 0 Å². The third kappa shape index (κ3) is 3.67. The number of carbonyl (C=O) groups is 1. The first-order valence-electron chi connectivity index (χ1n) is 7.38. The average molecular weight is 323 g/mol. The van der Waals surface area contributed by atoms with Crippen molar-refractivity contribution in [2.75, 3.05) is 0 Å². The molecule has 2 N–H and O–H groups in total. The van der Waals surface area contributed by atoms with E-state index in [1.807, 2.05) is 78.2 Å². The predicted molar refractivity (Wildman–Crippen MR) is 92.6 cm³/mol. The van der Waals surface area contributed by atoms with Crippen molar-refractivity contribution in [2.45, 2.75) is 12.1 Å². The maximum Gasteiger partial charge on any atom is 0.326 e. The minimum Gasteiger partial charge on any atom is -0.480 e. The van der Waals surface area contributed by atoms with Gasteiger partial charge in [-0.3, -0.25) is 10.1 Å². The zero-order chi connectivity index (χ0) is 16.1. The number of benzene rings is 2. The molecule has 3 nitrogen and oxygen atoms in total. The largest absolute Gasteiger partial charge is 0.480 e. The van der Waals surface area contributed by atoms with E-state index in [1.54, 1.807) is 0 Å². The van der Waals surface area contributed by atoms with Crippen molar-refractivity contribution in [1.82, 2.24) is 5.32 Å². The molecule has 0 spiro atoms. The van der Waals surface area contributed by atoms with Gasteiger partial charge in [-0.2, -0.15) is 0 Å². The van der Waals surface area contributed by atoms with Crippen LogP contribution in [0.3, 0.4) is 0 Å². The molecular weight excluding hydrogens is 306 g/mol. The molecule has 2 aromatic carbocycles. The highest BCUT2D eigenvalue weighted by molar-refractivity contribution is 7.10. The lowest BCUT2D eigenvalue weighted by Crippen LogP contribution is -2.32. The van der Waals surface area contributed by atoms with Crippen molar-refractivity contribution in [3.63, 3.8) is 0 Å². The van der Waals surface area contributed by atoms with Crippen molar-refractivity contribution in [3.05, 3.63) is 94.2 Å². The molecule has 0 aliphatic rings. The van der Waals surface area contributed by atoms with E-state index >= 15 is 0 Å². The predicted octanol–water partition coefficient (Wildman–Crippen LogP) is 4.25. The summed E-state index contributed by atoms with van der Waals surface area (Å²) in [5, 5.41) is 14.8. The SMILES string of the molecule is O=C(O)C(NC(c1ccccc1)c1ccccc1)c1cccs1. The van der Waals surface area contributed by atoms with E-state index in [4.69, 9.17) is 0 Å². The Morgan fingerprint density at radius 3 is 1.87 bits per heavy atom. The lowest BCUT2D eigenvalue weighted by Gasteiger charge is -2.24. The van der Waals surface area contributed by atoms with Crippen LogP contribution in [0.15, 0.2) is 78.2 Å². The van der Waals surface area contributed by atoms with Gasteiger partial charge in [0.2, 0.25) is 0 Å².